The molecule has 1 heterocycles. The monoisotopic (exact) mass is 158 g/mol. The molecule has 0 amide bonds. The summed E-state index contributed by atoms with van der Waals surface area (Å²) >= 11 is 5.77. The van der Waals surface area contributed by atoms with Crippen LogP contribution in [0.15, 0.2) is 6.07 Å². The van der Waals surface area contributed by atoms with Crippen LogP contribution < -0.4 is 0 Å². The van der Waals surface area contributed by atoms with Crippen LogP contribution in [0.25, 0.3) is 0 Å². The molecule has 0 bridgehead atoms. The fourth-order valence-corrected chi connectivity index (χ4v) is 0.897. The molecule has 0 atom stereocenters. The van der Waals surface area contributed by atoms with Crippen LogP contribution in [0, 0.1) is 0 Å². The maximum absolute atomic E-state index is 5.77. The maximum atomic E-state index is 5.77. The molecule has 0 aliphatic rings. The van der Waals surface area contributed by atoms with Crippen LogP contribution in [0.5, 0.6) is 0 Å². The van der Waals surface area contributed by atoms with E-state index in [-0.39, 0.29) is 0 Å². The number of aromatic nitrogens is 2. The lowest BCUT2D eigenvalue weighted by Gasteiger charge is -1.95. The van der Waals surface area contributed by atoms with E-state index < -0.39 is 0 Å². The van der Waals surface area contributed by atoms with Crippen LogP contribution in [0.4, 0.5) is 0 Å². The molecule has 1 rings (SSSR count). The Balaban J connectivity index is 2.98. The highest BCUT2D eigenvalue weighted by Gasteiger charge is 2.04. The van der Waals surface area contributed by atoms with Crippen LogP contribution in [-0.2, 0) is 7.05 Å². The largest absolute Gasteiger partial charge is 0.257 e. The zero-order chi connectivity index (χ0) is 7.72. The van der Waals surface area contributed by atoms with Crippen molar-refractivity contribution in [3.63, 3.8) is 0 Å². The van der Waals surface area contributed by atoms with E-state index in [0.717, 1.165) is 5.69 Å². The lowest BCUT2D eigenvalue weighted by Crippen LogP contribution is -1.93. The molecule has 0 aromatic carbocycles. The van der Waals surface area contributed by atoms with Crippen molar-refractivity contribution in [2.45, 2.75) is 19.8 Å². The van der Waals surface area contributed by atoms with Gasteiger partial charge in [-0.25, -0.2) is 0 Å². The van der Waals surface area contributed by atoms with Gasteiger partial charge in [-0.1, -0.05) is 25.4 Å². The molecule has 0 spiro atoms. The summed E-state index contributed by atoms with van der Waals surface area (Å²) in [6, 6.07) is 1.90. The third-order valence-electron chi connectivity index (χ3n) is 1.43. The second-order valence-corrected chi connectivity index (χ2v) is 3.06. The van der Waals surface area contributed by atoms with Gasteiger partial charge in [0.2, 0.25) is 0 Å². The molecule has 0 aliphatic carbocycles. The molecular formula is C7H11ClN2. The smallest absolute Gasteiger partial charge is 0.126 e. The molecule has 0 saturated heterocycles. The standard InChI is InChI=1S/C7H11ClN2/c1-5(2)6-4-7(8)10(3)9-6/h4-5H,1-3H3. The predicted molar refractivity (Wildman–Crippen MR) is 42.3 cm³/mol. The van der Waals surface area contributed by atoms with Crippen molar-refractivity contribution in [3.8, 4) is 0 Å². The van der Waals surface area contributed by atoms with Crippen LogP contribution >= 0.6 is 11.6 Å². The Bertz CT molecular complexity index is 208. The predicted octanol–water partition coefficient (Wildman–Crippen LogP) is 2.20. The van der Waals surface area contributed by atoms with E-state index in [1.54, 1.807) is 4.68 Å². The number of rotatable bonds is 1. The first-order valence-corrected chi connectivity index (χ1v) is 3.68. The van der Waals surface area contributed by atoms with E-state index in [1.807, 2.05) is 13.1 Å². The highest BCUT2D eigenvalue weighted by atomic mass is 35.5. The lowest BCUT2D eigenvalue weighted by atomic mass is 10.1. The van der Waals surface area contributed by atoms with Crippen LogP contribution in [0.3, 0.4) is 0 Å². The van der Waals surface area contributed by atoms with Gasteiger partial charge in [-0.15, -0.1) is 0 Å². The maximum Gasteiger partial charge on any atom is 0.126 e. The Morgan fingerprint density at radius 1 is 1.60 bits per heavy atom. The van der Waals surface area contributed by atoms with Crippen molar-refractivity contribution in [2.24, 2.45) is 7.05 Å². The highest BCUT2D eigenvalue weighted by Crippen LogP contribution is 2.16. The van der Waals surface area contributed by atoms with Crippen molar-refractivity contribution in [1.82, 2.24) is 9.78 Å². The number of hydrogen-bond donors (Lipinski definition) is 0. The van der Waals surface area contributed by atoms with Crippen molar-refractivity contribution in [2.75, 3.05) is 0 Å². The summed E-state index contributed by atoms with van der Waals surface area (Å²) in [5, 5.41) is 4.89. The van der Waals surface area contributed by atoms with Gasteiger partial charge in [0.1, 0.15) is 5.15 Å². The molecule has 0 saturated carbocycles. The summed E-state index contributed by atoms with van der Waals surface area (Å²) in [7, 11) is 1.84. The minimum absolute atomic E-state index is 0.457. The summed E-state index contributed by atoms with van der Waals surface area (Å²) in [5.74, 6) is 0.457. The van der Waals surface area contributed by atoms with E-state index in [0.29, 0.717) is 11.1 Å². The van der Waals surface area contributed by atoms with E-state index >= 15 is 0 Å². The Morgan fingerprint density at radius 2 is 2.20 bits per heavy atom. The summed E-state index contributed by atoms with van der Waals surface area (Å²) in [4.78, 5) is 0. The van der Waals surface area contributed by atoms with E-state index in [9.17, 15) is 0 Å². The van der Waals surface area contributed by atoms with Crippen LogP contribution in [0.1, 0.15) is 25.5 Å². The molecule has 0 aliphatic heterocycles. The fraction of sp³-hybridized carbons (Fsp3) is 0.571. The molecule has 1 aromatic heterocycles. The quantitative estimate of drug-likeness (QED) is 0.613. The summed E-state index contributed by atoms with van der Waals surface area (Å²) in [6.45, 7) is 4.19. The molecule has 0 unspecified atom stereocenters. The second-order valence-electron chi connectivity index (χ2n) is 2.67. The van der Waals surface area contributed by atoms with E-state index in [4.69, 9.17) is 11.6 Å². The second kappa shape index (κ2) is 2.62. The number of nitrogens with zero attached hydrogens (tertiary/aromatic N) is 2. The van der Waals surface area contributed by atoms with Gasteiger partial charge in [0.15, 0.2) is 0 Å². The molecule has 2 nitrogen and oxygen atoms in total. The SMILES string of the molecule is CC(C)c1cc(Cl)n(C)n1. The Kier molecular flexibility index (Phi) is 2.00. The molecule has 3 heteroatoms. The van der Waals surface area contributed by atoms with Gasteiger partial charge in [-0.05, 0) is 12.0 Å². The van der Waals surface area contributed by atoms with Gasteiger partial charge in [0, 0.05) is 7.05 Å². The van der Waals surface area contributed by atoms with Crippen molar-refractivity contribution < 1.29 is 0 Å². The average Bonchev–Trinajstić information content (AvgIpc) is 2.13. The molecule has 0 radical (unpaired) electrons. The van der Waals surface area contributed by atoms with Crippen molar-refractivity contribution >= 4 is 11.6 Å². The molecule has 10 heavy (non-hydrogen) atoms. The Labute approximate surface area is 65.8 Å². The summed E-state index contributed by atoms with van der Waals surface area (Å²) in [6.07, 6.45) is 0. The minimum atomic E-state index is 0.457. The van der Waals surface area contributed by atoms with E-state index in [2.05, 4.69) is 18.9 Å². The normalized spacial score (nSPS) is 10.9. The minimum Gasteiger partial charge on any atom is -0.257 e. The van der Waals surface area contributed by atoms with E-state index in [1.165, 1.54) is 0 Å². The molecule has 1 aromatic rings. The van der Waals surface area contributed by atoms with Crippen molar-refractivity contribution in [3.05, 3.63) is 16.9 Å². The van der Waals surface area contributed by atoms with Gasteiger partial charge >= 0.3 is 0 Å². The summed E-state index contributed by atoms with van der Waals surface area (Å²) < 4.78 is 1.68. The van der Waals surface area contributed by atoms with Gasteiger partial charge in [0.05, 0.1) is 5.69 Å². The third kappa shape index (κ3) is 1.32. The zero-order valence-corrected chi connectivity index (χ0v) is 7.18. The number of aryl methyl sites for hydroxylation is 1. The third-order valence-corrected chi connectivity index (χ3v) is 1.79. The lowest BCUT2D eigenvalue weighted by molar-refractivity contribution is 0.713. The number of hydrogen-bond acceptors (Lipinski definition) is 1. The Morgan fingerprint density at radius 3 is 2.40 bits per heavy atom. The first kappa shape index (κ1) is 7.61. The van der Waals surface area contributed by atoms with Gasteiger partial charge in [-0.3, -0.25) is 4.68 Å². The van der Waals surface area contributed by atoms with Gasteiger partial charge in [0.25, 0.3) is 0 Å². The van der Waals surface area contributed by atoms with Gasteiger partial charge in [-0.2, -0.15) is 5.10 Å². The van der Waals surface area contributed by atoms with Crippen LogP contribution in [0.2, 0.25) is 5.15 Å². The van der Waals surface area contributed by atoms with Crippen LogP contribution in [-0.4, -0.2) is 9.78 Å². The topological polar surface area (TPSA) is 17.8 Å². The first-order chi connectivity index (χ1) is 4.61. The highest BCUT2D eigenvalue weighted by molar-refractivity contribution is 6.29. The first-order valence-electron chi connectivity index (χ1n) is 3.30. The number of halogens is 1. The zero-order valence-electron chi connectivity index (χ0n) is 6.43. The summed E-state index contributed by atoms with van der Waals surface area (Å²) in [5.41, 5.74) is 1.05. The molecule has 56 valence electrons. The van der Waals surface area contributed by atoms with Gasteiger partial charge < -0.3 is 0 Å². The fourth-order valence-electron chi connectivity index (χ4n) is 0.747. The Hall–Kier alpha value is -0.500. The molecular weight excluding hydrogens is 148 g/mol. The van der Waals surface area contributed by atoms with Crippen molar-refractivity contribution in [1.29, 1.82) is 0 Å². The molecule has 0 fully saturated rings. The molecule has 0 N–H and O–H groups in total. The average molecular weight is 159 g/mol.